The minimum absolute atomic E-state index is 0.0815. The van der Waals surface area contributed by atoms with Crippen LogP contribution in [0.25, 0.3) is 0 Å². The van der Waals surface area contributed by atoms with Crippen molar-refractivity contribution in [1.29, 1.82) is 0 Å². The fourth-order valence-electron chi connectivity index (χ4n) is 2.34. The van der Waals surface area contributed by atoms with Crippen molar-refractivity contribution in [2.24, 2.45) is 5.92 Å². The molecule has 16 heavy (non-hydrogen) atoms. The van der Waals surface area contributed by atoms with E-state index >= 15 is 0 Å². The molecular formula is C11H15N3O2. The number of aromatic nitrogens is 1. The molecule has 1 aliphatic heterocycles. The Morgan fingerprint density at radius 2 is 2.25 bits per heavy atom. The highest BCUT2D eigenvalue weighted by Crippen LogP contribution is 2.44. The number of amides is 1. The average Bonchev–Trinajstić information content (AvgIpc) is 2.96. The third-order valence-electron chi connectivity index (χ3n) is 3.49. The Hall–Kier alpha value is -1.49. The van der Waals surface area contributed by atoms with E-state index in [0.717, 1.165) is 12.8 Å². The second kappa shape index (κ2) is 3.01. The highest BCUT2D eigenvalue weighted by Gasteiger charge is 2.53. The second-order valence-corrected chi connectivity index (χ2v) is 4.89. The number of nitrogens with two attached hydrogens (primary N) is 1. The molecule has 0 radical (unpaired) electrons. The lowest BCUT2D eigenvalue weighted by Gasteiger charge is -2.46. The smallest absolute Gasteiger partial charge is 0.270 e. The summed E-state index contributed by atoms with van der Waals surface area (Å²) in [5.41, 5.74) is 5.97. The summed E-state index contributed by atoms with van der Waals surface area (Å²) < 4.78 is 0. The van der Waals surface area contributed by atoms with Crippen molar-refractivity contribution >= 4 is 11.6 Å². The normalized spacial score (nSPS) is 22.9. The highest BCUT2D eigenvalue weighted by atomic mass is 16.3. The van der Waals surface area contributed by atoms with Crippen LogP contribution in [0.3, 0.4) is 0 Å². The van der Waals surface area contributed by atoms with Crippen LogP contribution < -0.4 is 5.73 Å². The van der Waals surface area contributed by atoms with Crippen molar-refractivity contribution in [3.8, 4) is 0 Å². The van der Waals surface area contributed by atoms with Crippen LogP contribution in [0.4, 0.5) is 5.69 Å². The van der Waals surface area contributed by atoms with Gasteiger partial charge in [0.1, 0.15) is 11.3 Å². The highest BCUT2D eigenvalue weighted by molar-refractivity contribution is 5.94. The van der Waals surface area contributed by atoms with Gasteiger partial charge < -0.3 is 20.7 Å². The first-order valence-corrected chi connectivity index (χ1v) is 5.54. The van der Waals surface area contributed by atoms with Crippen LogP contribution >= 0.6 is 0 Å². The molecule has 2 aliphatic rings. The van der Waals surface area contributed by atoms with Gasteiger partial charge in [0.15, 0.2) is 0 Å². The van der Waals surface area contributed by atoms with Gasteiger partial charge >= 0.3 is 0 Å². The number of nitrogen functional groups attached to an aromatic ring is 1. The third-order valence-corrected chi connectivity index (χ3v) is 3.49. The number of aromatic amines is 1. The molecule has 1 aromatic heterocycles. The van der Waals surface area contributed by atoms with Crippen LogP contribution in [0, 0.1) is 5.92 Å². The van der Waals surface area contributed by atoms with Crippen LogP contribution in [0.1, 0.15) is 23.3 Å². The van der Waals surface area contributed by atoms with E-state index in [4.69, 9.17) is 5.73 Å². The van der Waals surface area contributed by atoms with Crippen LogP contribution in [0.15, 0.2) is 12.3 Å². The number of hydrogen-bond acceptors (Lipinski definition) is 3. The minimum atomic E-state index is -0.617. The predicted octanol–water partition coefficient (Wildman–Crippen LogP) is 0.194. The number of H-pyrrole nitrogens is 1. The average molecular weight is 221 g/mol. The number of rotatable bonds is 2. The first-order chi connectivity index (χ1) is 7.58. The predicted molar refractivity (Wildman–Crippen MR) is 58.8 cm³/mol. The lowest BCUT2D eigenvalue weighted by Crippen LogP contribution is -2.64. The third kappa shape index (κ3) is 1.39. The van der Waals surface area contributed by atoms with E-state index in [1.54, 1.807) is 17.2 Å². The van der Waals surface area contributed by atoms with Crippen molar-refractivity contribution in [1.82, 2.24) is 9.88 Å². The molecule has 86 valence electrons. The van der Waals surface area contributed by atoms with Crippen LogP contribution in [-0.2, 0) is 0 Å². The van der Waals surface area contributed by atoms with Gasteiger partial charge in [0.05, 0.1) is 13.1 Å². The van der Waals surface area contributed by atoms with Gasteiger partial charge in [0.25, 0.3) is 5.91 Å². The van der Waals surface area contributed by atoms with Gasteiger partial charge in [0, 0.05) is 11.9 Å². The van der Waals surface area contributed by atoms with Gasteiger partial charge in [-0.25, -0.2) is 0 Å². The molecule has 0 spiro atoms. The largest absolute Gasteiger partial charge is 0.397 e. The Morgan fingerprint density at radius 3 is 2.75 bits per heavy atom. The fraction of sp³-hybridized carbons (Fsp3) is 0.545. The first kappa shape index (κ1) is 9.72. The molecule has 2 heterocycles. The molecule has 1 saturated heterocycles. The Labute approximate surface area is 93.2 Å². The van der Waals surface area contributed by atoms with Gasteiger partial charge in [-0.2, -0.15) is 0 Å². The molecule has 5 heteroatoms. The molecule has 0 bridgehead atoms. The van der Waals surface area contributed by atoms with Crippen molar-refractivity contribution in [3.63, 3.8) is 0 Å². The van der Waals surface area contributed by atoms with E-state index in [9.17, 15) is 9.90 Å². The summed E-state index contributed by atoms with van der Waals surface area (Å²) in [6.07, 6.45) is 3.78. The molecule has 5 nitrogen and oxygen atoms in total. The summed E-state index contributed by atoms with van der Waals surface area (Å²) in [5.74, 6) is 0.326. The summed E-state index contributed by atoms with van der Waals surface area (Å²) in [4.78, 5) is 16.4. The molecule has 1 saturated carbocycles. The number of nitrogens with zero attached hydrogens (tertiary/aromatic N) is 1. The SMILES string of the molecule is Nc1c[nH]c(C(=O)N2CC(O)(C3CC3)C2)c1. The van der Waals surface area contributed by atoms with Gasteiger partial charge in [-0.15, -0.1) is 0 Å². The van der Waals surface area contributed by atoms with Crippen LogP contribution in [-0.4, -0.2) is 39.6 Å². The summed E-state index contributed by atoms with van der Waals surface area (Å²) in [5, 5.41) is 10.1. The maximum Gasteiger partial charge on any atom is 0.270 e. The van der Waals surface area contributed by atoms with Crippen LogP contribution in [0.5, 0.6) is 0 Å². The lowest BCUT2D eigenvalue weighted by atomic mass is 9.88. The summed E-state index contributed by atoms with van der Waals surface area (Å²) >= 11 is 0. The fourth-order valence-corrected chi connectivity index (χ4v) is 2.34. The number of likely N-dealkylation sites (tertiary alicyclic amines) is 1. The number of hydrogen-bond donors (Lipinski definition) is 3. The maximum absolute atomic E-state index is 11.9. The summed E-state index contributed by atoms with van der Waals surface area (Å²) in [6, 6.07) is 1.62. The summed E-state index contributed by atoms with van der Waals surface area (Å²) in [7, 11) is 0. The number of anilines is 1. The minimum Gasteiger partial charge on any atom is -0.397 e. The maximum atomic E-state index is 11.9. The zero-order valence-electron chi connectivity index (χ0n) is 8.94. The zero-order chi connectivity index (χ0) is 11.3. The Morgan fingerprint density at radius 1 is 1.56 bits per heavy atom. The van der Waals surface area contributed by atoms with Gasteiger partial charge in [-0.1, -0.05) is 0 Å². The Bertz CT molecular complexity index is 430. The molecule has 1 aliphatic carbocycles. The second-order valence-electron chi connectivity index (χ2n) is 4.89. The van der Waals surface area contributed by atoms with E-state index in [0.29, 0.717) is 30.4 Å². The van der Waals surface area contributed by atoms with Gasteiger partial charge in [0.2, 0.25) is 0 Å². The quantitative estimate of drug-likeness (QED) is 0.667. The van der Waals surface area contributed by atoms with E-state index in [-0.39, 0.29) is 5.91 Å². The van der Waals surface area contributed by atoms with Crippen molar-refractivity contribution in [2.75, 3.05) is 18.8 Å². The van der Waals surface area contributed by atoms with Crippen LogP contribution in [0.2, 0.25) is 0 Å². The Kier molecular flexibility index (Phi) is 1.83. The first-order valence-electron chi connectivity index (χ1n) is 5.54. The number of carbonyl (C=O) groups is 1. The zero-order valence-corrected chi connectivity index (χ0v) is 8.94. The van der Waals surface area contributed by atoms with Gasteiger partial charge in [-0.3, -0.25) is 4.79 Å². The number of nitrogens with one attached hydrogen (secondary N) is 1. The Balaban J connectivity index is 1.66. The molecule has 1 amide bonds. The van der Waals surface area contributed by atoms with E-state index < -0.39 is 5.60 Å². The lowest BCUT2D eigenvalue weighted by molar-refractivity contribution is -0.0959. The van der Waals surface area contributed by atoms with E-state index in [1.165, 1.54) is 0 Å². The molecule has 3 rings (SSSR count). The molecule has 0 atom stereocenters. The van der Waals surface area contributed by atoms with Crippen molar-refractivity contribution < 1.29 is 9.90 Å². The molecule has 0 unspecified atom stereocenters. The van der Waals surface area contributed by atoms with Crippen molar-refractivity contribution in [3.05, 3.63) is 18.0 Å². The molecular weight excluding hydrogens is 206 g/mol. The monoisotopic (exact) mass is 221 g/mol. The number of carbonyl (C=O) groups excluding carboxylic acids is 1. The number of aliphatic hydroxyl groups is 1. The molecule has 1 aromatic rings. The molecule has 0 aromatic carbocycles. The topological polar surface area (TPSA) is 82.4 Å². The summed E-state index contributed by atoms with van der Waals surface area (Å²) in [6.45, 7) is 0.908. The molecule has 4 N–H and O–H groups in total. The van der Waals surface area contributed by atoms with Gasteiger partial charge in [-0.05, 0) is 24.8 Å². The standard InChI is InChI=1S/C11H15N3O2/c12-8-3-9(13-4-8)10(15)14-5-11(16,6-14)7-1-2-7/h3-4,7,13,16H,1-2,5-6,12H2. The number of β-amino-alcohol motifs (C(OH)–C–C–N with tert-alkyl or cyclic N) is 1. The van der Waals surface area contributed by atoms with E-state index in [2.05, 4.69) is 4.98 Å². The molecule has 2 fully saturated rings. The van der Waals surface area contributed by atoms with Crippen molar-refractivity contribution in [2.45, 2.75) is 18.4 Å². The van der Waals surface area contributed by atoms with E-state index in [1.807, 2.05) is 0 Å².